The predicted molar refractivity (Wildman–Crippen MR) is 98.6 cm³/mol. The van der Waals surface area contributed by atoms with E-state index in [1.807, 2.05) is 12.1 Å². The summed E-state index contributed by atoms with van der Waals surface area (Å²) in [6.45, 7) is 3.25. The summed E-state index contributed by atoms with van der Waals surface area (Å²) >= 11 is 0. The summed E-state index contributed by atoms with van der Waals surface area (Å²) in [5.74, 6) is 3.27. The third-order valence-corrected chi connectivity index (χ3v) is 5.62. The first-order valence-electron chi connectivity index (χ1n) is 9.15. The van der Waals surface area contributed by atoms with E-state index >= 15 is 0 Å². The van der Waals surface area contributed by atoms with E-state index in [0.717, 1.165) is 47.2 Å². The first-order chi connectivity index (χ1) is 12.3. The Labute approximate surface area is 148 Å². The molecule has 134 valence electrons. The van der Waals surface area contributed by atoms with Gasteiger partial charge in [0.2, 0.25) is 0 Å². The molecule has 0 spiro atoms. The van der Waals surface area contributed by atoms with Gasteiger partial charge < -0.3 is 19.7 Å². The molecule has 0 aliphatic carbocycles. The van der Waals surface area contributed by atoms with E-state index < -0.39 is 0 Å². The summed E-state index contributed by atoms with van der Waals surface area (Å²) in [4.78, 5) is 11.4. The standard InChI is InChI=1S/C19H26N4O2/c1-24-14-10-15-18(17(11-14)25-2)21-12-22-19(15)23-8-5-13(6-9-23)16-4-3-7-20-16/h10-13,16,20H,3-9H2,1-2H3/t16-/m0/s1. The second-order valence-corrected chi connectivity index (χ2v) is 6.95. The van der Waals surface area contributed by atoms with Crippen molar-refractivity contribution in [3.63, 3.8) is 0 Å². The Balaban J connectivity index is 1.61. The Kier molecular flexibility index (Phi) is 4.61. The van der Waals surface area contributed by atoms with Crippen LogP contribution in [0.5, 0.6) is 11.5 Å². The quantitative estimate of drug-likeness (QED) is 0.922. The fourth-order valence-electron chi connectivity index (χ4n) is 4.25. The largest absolute Gasteiger partial charge is 0.497 e. The van der Waals surface area contributed by atoms with Gasteiger partial charge in [0.1, 0.15) is 29.2 Å². The molecule has 25 heavy (non-hydrogen) atoms. The molecule has 0 unspecified atom stereocenters. The van der Waals surface area contributed by atoms with Crippen molar-refractivity contribution in [3.8, 4) is 11.5 Å². The Morgan fingerprint density at radius 2 is 1.92 bits per heavy atom. The van der Waals surface area contributed by atoms with E-state index in [2.05, 4.69) is 20.2 Å². The van der Waals surface area contributed by atoms with Crippen LogP contribution in [0.1, 0.15) is 25.7 Å². The van der Waals surface area contributed by atoms with Crippen LogP contribution in [0.2, 0.25) is 0 Å². The molecule has 2 aliphatic rings. The number of anilines is 1. The normalized spacial score (nSPS) is 21.7. The van der Waals surface area contributed by atoms with E-state index in [4.69, 9.17) is 9.47 Å². The summed E-state index contributed by atoms with van der Waals surface area (Å²) in [6.07, 6.45) is 6.71. The molecule has 0 saturated carbocycles. The van der Waals surface area contributed by atoms with Crippen molar-refractivity contribution in [2.24, 2.45) is 5.92 Å². The molecule has 1 N–H and O–H groups in total. The van der Waals surface area contributed by atoms with Crippen LogP contribution in [0.15, 0.2) is 18.5 Å². The van der Waals surface area contributed by atoms with Crippen LogP contribution in [-0.2, 0) is 0 Å². The van der Waals surface area contributed by atoms with Crippen LogP contribution in [0, 0.1) is 5.92 Å². The molecule has 1 aromatic carbocycles. The minimum absolute atomic E-state index is 0.712. The van der Waals surface area contributed by atoms with Gasteiger partial charge in [-0.3, -0.25) is 0 Å². The predicted octanol–water partition coefficient (Wildman–Crippen LogP) is 2.62. The highest BCUT2D eigenvalue weighted by molar-refractivity contribution is 5.94. The maximum Gasteiger partial charge on any atom is 0.148 e. The minimum Gasteiger partial charge on any atom is -0.497 e. The van der Waals surface area contributed by atoms with Crippen molar-refractivity contribution in [2.75, 3.05) is 38.8 Å². The second-order valence-electron chi connectivity index (χ2n) is 6.95. The molecule has 2 fully saturated rings. The van der Waals surface area contributed by atoms with Gasteiger partial charge in [-0.05, 0) is 44.2 Å². The summed E-state index contributed by atoms with van der Waals surface area (Å²) in [5, 5.41) is 4.66. The van der Waals surface area contributed by atoms with Crippen molar-refractivity contribution < 1.29 is 9.47 Å². The Morgan fingerprint density at radius 3 is 2.60 bits per heavy atom. The van der Waals surface area contributed by atoms with Gasteiger partial charge in [0.05, 0.1) is 19.6 Å². The Hall–Kier alpha value is -2.08. The highest BCUT2D eigenvalue weighted by Gasteiger charge is 2.29. The van der Waals surface area contributed by atoms with E-state index in [0.29, 0.717) is 6.04 Å². The molecule has 6 nitrogen and oxygen atoms in total. The molecule has 2 aliphatic heterocycles. The van der Waals surface area contributed by atoms with E-state index in [1.54, 1.807) is 20.5 Å². The lowest BCUT2D eigenvalue weighted by molar-refractivity contribution is 0.318. The van der Waals surface area contributed by atoms with Crippen LogP contribution in [0.25, 0.3) is 10.9 Å². The fraction of sp³-hybridized carbons (Fsp3) is 0.579. The van der Waals surface area contributed by atoms with E-state index in [1.165, 1.54) is 32.2 Å². The van der Waals surface area contributed by atoms with Gasteiger partial charge in [-0.2, -0.15) is 0 Å². The Morgan fingerprint density at radius 1 is 1.08 bits per heavy atom. The number of ether oxygens (including phenoxy) is 2. The van der Waals surface area contributed by atoms with E-state index in [-0.39, 0.29) is 0 Å². The number of aromatic nitrogens is 2. The first-order valence-corrected chi connectivity index (χ1v) is 9.15. The third-order valence-electron chi connectivity index (χ3n) is 5.62. The zero-order chi connectivity index (χ0) is 17.2. The topological polar surface area (TPSA) is 59.5 Å². The fourth-order valence-corrected chi connectivity index (χ4v) is 4.25. The number of nitrogens with zero attached hydrogens (tertiary/aromatic N) is 3. The lowest BCUT2D eigenvalue weighted by Gasteiger charge is -2.36. The molecule has 3 heterocycles. The van der Waals surface area contributed by atoms with Crippen molar-refractivity contribution >= 4 is 16.7 Å². The maximum absolute atomic E-state index is 5.50. The van der Waals surface area contributed by atoms with Gasteiger partial charge in [-0.25, -0.2) is 9.97 Å². The Bertz CT molecular complexity index is 738. The van der Waals surface area contributed by atoms with Crippen molar-refractivity contribution in [1.82, 2.24) is 15.3 Å². The lowest BCUT2D eigenvalue weighted by atomic mass is 9.88. The van der Waals surface area contributed by atoms with Gasteiger partial charge >= 0.3 is 0 Å². The van der Waals surface area contributed by atoms with Crippen molar-refractivity contribution in [2.45, 2.75) is 31.7 Å². The zero-order valence-electron chi connectivity index (χ0n) is 15.0. The van der Waals surface area contributed by atoms with Crippen LogP contribution >= 0.6 is 0 Å². The SMILES string of the molecule is COc1cc(OC)c2ncnc(N3CCC([C@@H]4CCCN4)CC3)c2c1. The molecule has 0 bridgehead atoms. The average Bonchev–Trinajstić information content (AvgIpc) is 3.21. The molecule has 0 amide bonds. The first kappa shape index (κ1) is 16.4. The summed E-state index contributed by atoms with van der Waals surface area (Å²) in [6, 6.07) is 4.60. The zero-order valence-corrected chi connectivity index (χ0v) is 15.0. The molecule has 6 heteroatoms. The molecule has 2 saturated heterocycles. The average molecular weight is 342 g/mol. The highest BCUT2D eigenvalue weighted by atomic mass is 16.5. The number of hydrogen-bond acceptors (Lipinski definition) is 6. The number of methoxy groups -OCH3 is 2. The van der Waals surface area contributed by atoms with Gasteiger partial charge in [0.15, 0.2) is 0 Å². The van der Waals surface area contributed by atoms with Gasteiger partial charge in [0.25, 0.3) is 0 Å². The molecule has 2 aromatic rings. The number of nitrogens with one attached hydrogen (secondary N) is 1. The molecule has 1 atom stereocenters. The molecular weight excluding hydrogens is 316 g/mol. The maximum atomic E-state index is 5.50. The number of fused-ring (bicyclic) bond motifs is 1. The van der Waals surface area contributed by atoms with Crippen molar-refractivity contribution in [3.05, 3.63) is 18.5 Å². The number of benzene rings is 1. The second kappa shape index (κ2) is 7.04. The minimum atomic E-state index is 0.712. The highest BCUT2D eigenvalue weighted by Crippen LogP contribution is 2.36. The summed E-state index contributed by atoms with van der Waals surface area (Å²) in [5.41, 5.74) is 0.841. The molecular formula is C19H26N4O2. The summed E-state index contributed by atoms with van der Waals surface area (Å²) < 4.78 is 10.9. The molecule has 1 aromatic heterocycles. The van der Waals surface area contributed by atoms with Crippen LogP contribution in [0.3, 0.4) is 0 Å². The van der Waals surface area contributed by atoms with Crippen LogP contribution < -0.4 is 19.7 Å². The van der Waals surface area contributed by atoms with Gasteiger partial charge in [0, 0.05) is 25.2 Å². The van der Waals surface area contributed by atoms with Crippen LogP contribution in [-0.4, -0.2) is 49.9 Å². The van der Waals surface area contributed by atoms with E-state index in [9.17, 15) is 0 Å². The summed E-state index contributed by atoms with van der Waals surface area (Å²) in [7, 11) is 3.33. The monoisotopic (exact) mass is 342 g/mol. The van der Waals surface area contributed by atoms with Crippen LogP contribution in [0.4, 0.5) is 5.82 Å². The molecule has 0 radical (unpaired) electrons. The van der Waals surface area contributed by atoms with Gasteiger partial charge in [-0.15, -0.1) is 0 Å². The molecule has 4 rings (SSSR count). The number of piperidine rings is 1. The lowest BCUT2D eigenvalue weighted by Crippen LogP contribution is -2.41. The van der Waals surface area contributed by atoms with Gasteiger partial charge in [-0.1, -0.05) is 0 Å². The smallest absolute Gasteiger partial charge is 0.148 e. The third kappa shape index (κ3) is 3.11. The number of rotatable bonds is 4. The number of hydrogen-bond donors (Lipinski definition) is 1. The van der Waals surface area contributed by atoms with Crippen molar-refractivity contribution in [1.29, 1.82) is 0 Å².